The molecule has 0 radical (unpaired) electrons. The van der Waals surface area contributed by atoms with Crippen molar-refractivity contribution in [2.75, 3.05) is 0 Å². The fourth-order valence-corrected chi connectivity index (χ4v) is 2.61. The highest BCUT2D eigenvalue weighted by Gasteiger charge is 2.09. The molecule has 0 saturated heterocycles. The molecule has 0 aliphatic rings. The smallest absolute Gasteiger partial charge is 0.134 e. The molecule has 0 saturated carbocycles. The molecule has 3 rings (SSSR count). The SMILES string of the molecule is Cn1cc2c(cc(F)c3ccsc32)n1. The summed E-state index contributed by atoms with van der Waals surface area (Å²) in [7, 11) is 1.84. The van der Waals surface area contributed by atoms with Crippen molar-refractivity contribution >= 4 is 32.3 Å². The van der Waals surface area contributed by atoms with E-state index >= 15 is 0 Å². The highest BCUT2D eigenvalue weighted by molar-refractivity contribution is 7.18. The largest absolute Gasteiger partial charge is 0.275 e. The third-order valence-electron chi connectivity index (χ3n) is 2.29. The Kier molecular flexibility index (Phi) is 1.44. The van der Waals surface area contributed by atoms with E-state index in [9.17, 15) is 4.39 Å². The Morgan fingerprint density at radius 2 is 2.29 bits per heavy atom. The Morgan fingerprint density at radius 3 is 3.14 bits per heavy atom. The molecule has 0 unspecified atom stereocenters. The van der Waals surface area contributed by atoms with E-state index in [1.165, 1.54) is 6.07 Å². The lowest BCUT2D eigenvalue weighted by Crippen LogP contribution is -1.84. The standard InChI is InChI=1S/C10H7FN2S/c1-13-5-7-9(12-13)4-8(11)6-2-3-14-10(6)7/h2-5H,1H3. The minimum absolute atomic E-state index is 0.188. The molecule has 1 aromatic carbocycles. The van der Waals surface area contributed by atoms with Crippen molar-refractivity contribution < 1.29 is 4.39 Å². The van der Waals surface area contributed by atoms with Crippen LogP contribution in [0.15, 0.2) is 23.7 Å². The maximum Gasteiger partial charge on any atom is 0.134 e. The van der Waals surface area contributed by atoms with Gasteiger partial charge in [0.2, 0.25) is 0 Å². The van der Waals surface area contributed by atoms with Gasteiger partial charge in [0.15, 0.2) is 0 Å². The van der Waals surface area contributed by atoms with Gasteiger partial charge in [-0.25, -0.2) is 4.39 Å². The monoisotopic (exact) mass is 206 g/mol. The highest BCUT2D eigenvalue weighted by atomic mass is 32.1. The van der Waals surface area contributed by atoms with E-state index in [1.807, 2.05) is 24.7 Å². The van der Waals surface area contributed by atoms with Gasteiger partial charge in [-0.2, -0.15) is 5.10 Å². The summed E-state index contributed by atoms with van der Waals surface area (Å²) in [6.45, 7) is 0. The highest BCUT2D eigenvalue weighted by Crippen LogP contribution is 2.31. The lowest BCUT2D eigenvalue weighted by molar-refractivity contribution is 0.641. The average Bonchev–Trinajstić information content (AvgIpc) is 2.69. The third kappa shape index (κ3) is 0.915. The van der Waals surface area contributed by atoms with Crippen LogP contribution in [-0.4, -0.2) is 9.78 Å². The summed E-state index contributed by atoms with van der Waals surface area (Å²) in [6, 6.07) is 3.30. The van der Waals surface area contributed by atoms with Crippen molar-refractivity contribution in [3.63, 3.8) is 0 Å². The topological polar surface area (TPSA) is 17.8 Å². The van der Waals surface area contributed by atoms with E-state index in [-0.39, 0.29) is 5.82 Å². The van der Waals surface area contributed by atoms with Crippen LogP contribution in [0.2, 0.25) is 0 Å². The predicted octanol–water partition coefficient (Wildman–Crippen LogP) is 2.93. The molecule has 0 N–H and O–H groups in total. The van der Waals surface area contributed by atoms with Gasteiger partial charge in [-0.1, -0.05) is 0 Å². The number of rotatable bonds is 0. The molecule has 14 heavy (non-hydrogen) atoms. The molecular formula is C10H7FN2S. The molecule has 2 aromatic heterocycles. The van der Waals surface area contributed by atoms with Crippen LogP contribution in [0.5, 0.6) is 0 Å². The number of benzene rings is 1. The molecule has 0 spiro atoms. The lowest BCUT2D eigenvalue weighted by Gasteiger charge is -1.92. The number of halogens is 1. The summed E-state index contributed by atoms with van der Waals surface area (Å²) in [6.07, 6.45) is 1.92. The van der Waals surface area contributed by atoms with Gasteiger partial charge in [0.25, 0.3) is 0 Å². The van der Waals surface area contributed by atoms with Gasteiger partial charge in [0.1, 0.15) is 5.82 Å². The van der Waals surface area contributed by atoms with Gasteiger partial charge in [-0.15, -0.1) is 11.3 Å². The normalized spacial score (nSPS) is 11.6. The summed E-state index contributed by atoms with van der Waals surface area (Å²) in [5.74, 6) is -0.188. The fraction of sp³-hybridized carbons (Fsp3) is 0.100. The quantitative estimate of drug-likeness (QED) is 0.553. The number of aryl methyl sites for hydroxylation is 1. The molecule has 3 aromatic rings. The van der Waals surface area contributed by atoms with Gasteiger partial charge in [-0.3, -0.25) is 4.68 Å². The Bertz CT molecular complexity index is 623. The zero-order valence-corrected chi connectivity index (χ0v) is 8.31. The Morgan fingerprint density at radius 1 is 1.43 bits per heavy atom. The molecule has 0 aliphatic carbocycles. The zero-order valence-electron chi connectivity index (χ0n) is 7.49. The molecule has 0 aliphatic heterocycles. The maximum atomic E-state index is 13.5. The molecule has 70 valence electrons. The number of hydrogen-bond acceptors (Lipinski definition) is 2. The van der Waals surface area contributed by atoms with Crippen molar-refractivity contribution in [1.82, 2.24) is 9.78 Å². The van der Waals surface area contributed by atoms with Crippen LogP contribution < -0.4 is 0 Å². The molecular weight excluding hydrogens is 199 g/mol. The van der Waals surface area contributed by atoms with Crippen LogP contribution in [0, 0.1) is 5.82 Å². The van der Waals surface area contributed by atoms with E-state index in [0.29, 0.717) is 5.39 Å². The number of nitrogens with zero attached hydrogens (tertiary/aromatic N) is 2. The first kappa shape index (κ1) is 7.94. The Hall–Kier alpha value is -1.42. The van der Waals surface area contributed by atoms with Crippen LogP contribution in [0.1, 0.15) is 0 Å². The lowest BCUT2D eigenvalue weighted by atomic mass is 10.2. The first-order chi connectivity index (χ1) is 6.75. The van der Waals surface area contributed by atoms with E-state index in [1.54, 1.807) is 16.0 Å². The second-order valence-corrected chi connectivity index (χ2v) is 4.17. The van der Waals surface area contributed by atoms with Crippen LogP contribution in [-0.2, 0) is 7.05 Å². The number of aromatic nitrogens is 2. The van der Waals surface area contributed by atoms with Gasteiger partial charge in [0.05, 0.1) is 5.52 Å². The molecule has 2 heterocycles. The van der Waals surface area contributed by atoms with Crippen LogP contribution >= 0.6 is 11.3 Å². The minimum Gasteiger partial charge on any atom is -0.275 e. The summed E-state index contributed by atoms with van der Waals surface area (Å²) in [5, 5.41) is 7.81. The van der Waals surface area contributed by atoms with Crippen molar-refractivity contribution in [2.24, 2.45) is 7.05 Å². The van der Waals surface area contributed by atoms with Crippen LogP contribution in [0.3, 0.4) is 0 Å². The van der Waals surface area contributed by atoms with E-state index < -0.39 is 0 Å². The Labute approximate surface area is 83.6 Å². The summed E-state index contributed by atoms with van der Waals surface area (Å²) < 4.78 is 16.2. The van der Waals surface area contributed by atoms with Crippen molar-refractivity contribution in [3.8, 4) is 0 Å². The third-order valence-corrected chi connectivity index (χ3v) is 3.24. The van der Waals surface area contributed by atoms with E-state index in [2.05, 4.69) is 5.10 Å². The molecule has 2 nitrogen and oxygen atoms in total. The number of hydrogen-bond donors (Lipinski definition) is 0. The van der Waals surface area contributed by atoms with Gasteiger partial charge < -0.3 is 0 Å². The molecule has 0 amide bonds. The average molecular weight is 206 g/mol. The second-order valence-electron chi connectivity index (χ2n) is 3.26. The zero-order chi connectivity index (χ0) is 9.71. The number of fused-ring (bicyclic) bond motifs is 3. The van der Waals surface area contributed by atoms with Crippen molar-refractivity contribution in [3.05, 3.63) is 29.5 Å². The molecule has 0 atom stereocenters. The summed E-state index contributed by atoms with van der Waals surface area (Å²) >= 11 is 1.55. The maximum absolute atomic E-state index is 13.5. The van der Waals surface area contributed by atoms with E-state index in [0.717, 1.165) is 15.6 Å². The Balaban J connectivity index is 2.64. The first-order valence-electron chi connectivity index (χ1n) is 4.25. The van der Waals surface area contributed by atoms with Crippen LogP contribution in [0.4, 0.5) is 4.39 Å². The number of thiophene rings is 1. The van der Waals surface area contributed by atoms with Crippen molar-refractivity contribution in [2.45, 2.75) is 0 Å². The van der Waals surface area contributed by atoms with Gasteiger partial charge in [-0.05, 0) is 11.4 Å². The van der Waals surface area contributed by atoms with E-state index in [4.69, 9.17) is 0 Å². The van der Waals surface area contributed by atoms with Gasteiger partial charge in [0, 0.05) is 34.8 Å². The molecule has 0 bridgehead atoms. The van der Waals surface area contributed by atoms with Gasteiger partial charge >= 0.3 is 0 Å². The predicted molar refractivity (Wildman–Crippen MR) is 56.1 cm³/mol. The van der Waals surface area contributed by atoms with Crippen LogP contribution in [0.25, 0.3) is 21.0 Å². The second kappa shape index (κ2) is 2.54. The molecule has 0 fully saturated rings. The minimum atomic E-state index is -0.188. The molecule has 4 heteroatoms. The summed E-state index contributed by atoms with van der Waals surface area (Å²) in [5.41, 5.74) is 0.722. The first-order valence-corrected chi connectivity index (χ1v) is 5.13. The summed E-state index contributed by atoms with van der Waals surface area (Å²) in [4.78, 5) is 0. The van der Waals surface area contributed by atoms with Crippen molar-refractivity contribution in [1.29, 1.82) is 0 Å². The fourth-order valence-electron chi connectivity index (χ4n) is 1.69.